The van der Waals surface area contributed by atoms with Crippen LogP contribution >= 0.6 is 0 Å². The Morgan fingerprint density at radius 3 is 2.48 bits per heavy atom. The van der Waals surface area contributed by atoms with E-state index in [4.69, 9.17) is 9.72 Å². The van der Waals surface area contributed by atoms with Crippen molar-refractivity contribution in [3.63, 3.8) is 0 Å². The van der Waals surface area contributed by atoms with Gasteiger partial charge in [-0.1, -0.05) is 30.3 Å². The minimum Gasteiger partial charge on any atom is -0.444 e. The Morgan fingerprint density at radius 2 is 1.74 bits per heavy atom. The standard InChI is InChI=1S/C32H38N8O2/c1-32(2,3)42-31(41)40-18-16-39(17-19-40)30-20-25(11-13-36-30)27-21-26(34-12-7-10-24-8-5-4-6-9-24)22-28(37-27)38-29-23-33-14-15-35-29/h4-6,8-9,11,13-15,20-23H,7,10,12,16-19H2,1-3H3,(H2,34,35,37,38). The molecule has 42 heavy (non-hydrogen) atoms. The average Bonchev–Trinajstić information content (AvgIpc) is 3.00. The van der Waals surface area contributed by atoms with Crippen LogP contribution < -0.4 is 15.5 Å². The summed E-state index contributed by atoms with van der Waals surface area (Å²) in [5.74, 6) is 2.14. The van der Waals surface area contributed by atoms with Gasteiger partial charge in [0.15, 0.2) is 0 Å². The number of carbonyl (C=O) groups excluding carboxylic acids is 1. The summed E-state index contributed by atoms with van der Waals surface area (Å²) in [6.07, 6.45) is 8.50. The average molecular weight is 567 g/mol. The summed E-state index contributed by atoms with van der Waals surface area (Å²) >= 11 is 0. The zero-order valence-corrected chi connectivity index (χ0v) is 24.5. The SMILES string of the molecule is CC(C)(C)OC(=O)N1CCN(c2cc(-c3cc(NCCCc4ccccc4)cc(Nc4cnccn4)n3)ccn2)CC1. The van der Waals surface area contributed by atoms with Crippen molar-refractivity contribution in [1.29, 1.82) is 0 Å². The lowest BCUT2D eigenvalue weighted by molar-refractivity contribution is 0.0240. The van der Waals surface area contributed by atoms with Crippen molar-refractivity contribution in [1.82, 2.24) is 24.8 Å². The summed E-state index contributed by atoms with van der Waals surface area (Å²) in [7, 11) is 0. The van der Waals surface area contributed by atoms with Gasteiger partial charge in [-0.25, -0.2) is 19.7 Å². The van der Waals surface area contributed by atoms with E-state index in [1.165, 1.54) is 5.56 Å². The van der Waals surface area contributed by atoms with Gasteiger partial charge < -0.3 is 25.2 Å². The second-order valence-electron chi connectivity index (χ2n) is 11.2. The number of ether oxygens (including phenoxy) is 1. The number of hydrogen-bond acceptors (Lipinski definition) is 9. The summed E-state index contributed by atoms with van der Waals surface area (Å²) in [5, 5.41) is 6.85. The van der Waals surface area contributed by atoms with Crippen LogP contribution in [0.3, 0.4) is 0 Å². The van der Waals surface area contributed by atoms with E-state index in [0.29, 0.717) is 37.8 Å². The van der Waals surface area contributed by atoms with E-state index < -0.39 is 5.60 Å². The van der Waals surface area contributed by atoms with Crippen molar-refractivity contribution < 1.29 is 9.53 Å². The van der Waals surface area contributed by atoms with Crippen LogP contribution in [0.4, 0.5) is 27.9 Å². The Morgan fingerprint density at radius 1 is 0.929 bits per heavy atom. The molecule has 1 saturated heterocycles. The molecule has 2 N–H and O–H groups in total. The first-order valence-corrected chi connectivity index (χ1v) is 14.3. The Hall–Kier alpha value is -4.73. The number of hydrogen-bond donors (Lipinski definition) is 2. The highest BCUT2D eigenvalue weighted by Crippen LogP contribution is 2.28. The minimum absolute atomic E-state index is 0.274. The van der Waals surface area contributed by atoms with Crippen molar-refractivity contribution in [2.24, 2.45) is 0 Å². The maximum atomic E-state index is 12.5. The molecule has 0 radical (unpaired) electrons. The predicted octanol–water partition coefficient (Wildman–Crippen LogP) is 5.78. The molecule has 0 aliphatic carbocycles. The van der Waals surface area contributed by atoms with Gasteiger partial charge in [0.25, 0.3) is 0 Å². The lowest BCUT2D eigenvalue weighted by Crippen LogP contribution is -2.50. The summed E-state index contributed by atoms with van der Waals surface area (Å²) in [6.45, 7) is 8.97. The van der Waals surface area contributed by atoms with Gasteiger partial charge in [0.05, 0.1) is 11.9 Å². The fourth-order valence-electron chi connectivity index (χ4n) is 4.70. The maximum absolute atomic E-state index is 12.5. The topological polar surface area (TPSA) is 108 Å². The summed E-state index contributed by atoms with van der Waals surface area (Å²) in [4.78, 5) is 34.5. The number of carbonyl (C=O) groups is 1. The molecular weight excluding hydrogens is 528 g/mol. The van der Waals surface area contributed by atoms with E-state index in [9.17, 15) is 4.79 Å². The zero-order chi connectivity index (χ0) is 29.4. The number of piperazine rings is 1. The molecule has 0 atom stereocenters. The van der Waals surface area contributed by atoms with E-state index in [0.717, 1.165) is 42.1 Å². The first-order valence-electron chi connectivity index (χ1n) is 14.3. The van der Waals surface area contributed by atoms with Gasteiger partial charge in [0.1, 0.15) is 23.1 Å². The molecule has 10 heteroatoms. The van der Waals surface area contributed by atoms with Crippen LogP contribution in [0, 0.1) is 0 Å². The van der Waals surface area contributed by atoms with Crippen molar-refractivity contribution in [2.75, 3.05) is 48.3 Å². The molecule has 10 nitrogen and oxygen atoms in total. The highest BCUT2D eigenvalue weighted by Gasteiger charge is 2.26. The fourth-order valence-corrected chi connectivity index (χ4v) is 4.70. The summed E-state index contributed by atoms with van der Waals surface area (Å²) < 4.78 is 5.54. The number of anilines is 4. The molecule has 1 aromatic carbocycles. The van der Waals surface area contributed by atoms with Gasteiger partial charge in [-0.2, -0.15) is 0 Å². The van der Waals surface area contributed by atoms with Crippen LogP contribution in [-0.4, -0.2) is 69.3 Å². The molecular formula is C32H38N8O2. The van der Waals surface area contributed by atoms with Crippen LogP contribution in [0.15, 0.2) is 79.4 Å². The van der Waals surface area contributed by atoms with Crippen molar-refractivity contribution in [2.45, 2.75) is 39.2 Å². The monoisotopic (exact) mass is 566 g/mol. The van der Waals surface area contributed by atoms with Gasteiger partial charge in [0, 0.05) is 68.6 Å². The highest BCUT2D eigenvalue weighted by molar-refractivity contribution is 5.72. The molecule has 4 aromatic rings. The van der Waals surface area contributed by atoms with Crippen molar-refractivity contribution >= 4 is 29.2 Å². The highest BCUT2D eigenvalue weighted by atomic mass is 16.6. The number of aryl methyl sites for hydroxylation is 1. The molecule has 1 aliphatic rings. The van der Waals surface area contributed by atoms with Crippen LogP contribution in [0.5, 0.6) is 0 Å². The van der Waals surface area contributed by atoms with Gasteiger partial charge in [0.2, 0.25) is 0 Å². The molecule has 3 aromatic heterocycles. The number of pyridine rings is 2. The quantitative estimate of drug-likeness (QED) is 0.244. The predicted molar refractivity (Wildman–Crippen MR) is 166 cm³/mol. The van der Waals surface area contributed by atoms with Crippen molar-refractivity contribution in [3.8, 4) is 11.3 Å². The molecule has 1 aliphatic heterocycles. The molecule has 1 amide bonds. The van der Waals surface area contributed by atoms with Gasteiger partial charge >= 0.3 is 6.09 Å². The van der Waals surface area contributed by atoms with E-state index in [1.807, 2.05) is 45.2 Å². The van der Waals surface area contributed by atoms with Crippen LogP contribution in [0.25, 0.3) is 11.3 Å². The summed E-state index contributed by atoms with van der Waals surface area (Å²) in [6, 6.07) is 18.6. The largest absolute Gasteiger partial charge is 0.444 e. The normalized spacial score (nSPS) is 13.5. The van der Waals surface area contributed by atoms with Gasteiger partial charge in [-0.3, -0.25) is 4.98 Å². The zero-order valence-electron chi connectivity index (χ0n) is 24.5. The van der Waals surface area contributed by atoms with Crippen molar-refractivity contribution in [3.05, 3.63) is 84.9 Å². The second-order valence-corrected chi connectivity index (χ2v) is 11.2. The van der Waals surface area contributed by atoms with Crippen LogP contribution in [0.2, 0.25) is 0 Å². The number of rotatable bonds is 9. The van der Waals surface area contributed by atoms with E-state index in [-0.39, 0.29) is 6.09 Å². The Labute approximate surface area is 247 Å². The Balaban J connectivity index is 1.30. The number of nitrogens with one attached hydrogen (secondary N) is 2. The third-order valence-corrected chi connectivity index (χ3v) is 6.76. The number of nitrogens with zero attached hydrogens (tertiary/aromatic N) is 6. The second kappa shape index (κ2) is 13.3. The Bertz CT molecular complexity index is 1450. The molecule has 1 fully saturated rings. The third-order valence-electron chi connectivity index (χ3n) is 6.76. The lowest BCUT2D eigenvalue weighted by Gasteiger charge is -2.36. The number of aromatic nitrogens is 4. The van der Waals surface area contributed by atoms with Gasteiger partial charge in [-0.15, -0.1) is 0 Å². The first kappa shape index (κ1) is 28.8. The fraction of sp³-hybridized carbons (Fsp3) is 0.344. The number of benzene rings is 1. The maximum Gasteiger partial charge on any atom is 0.410 e. The van der Waals surface area contributed by atoms with E-state index >= 15 is 0 Å². The molecule has 5 rings (SSSR count). The minimum atomic E-state index is -0.511. The molecule has 0 spiro atoms. The Kier molecular flexibility index (Phi) is 9.11. The molecule has 0 bridgehead atoms. The first-order chi connectivity index (χ1) is 20.3. The third kappa shape index (κ3) is 8.15. The smallest absolute Gasteiger partial charge is 0.410 e. The molecule has 218 valence electrons. The molecule has 4 heterocycles. The number of amides is 1. The van der Waals surface area contributed by atoms with Crippen LogP contribution in [0.1, 0.15) is 32.8 Å². The van der Waals surface area contributed by atoms with Crippen LogP contribution in [-0.2, 0) is 11.2 Å². The van der Waals surface area contributed by atoms with Gasteiger partial charge in [-0.05, 0) is 57.4 Å². The summed E-state index contributed by atoms with van der Waals surface area (Å²) in [5.41, 5.74) is 3.54. The molecule has 0 saturated carbocycles. The lowest BCUT2D eigenvalue weighted by atomic mass is 10.1. The van der Waals surface area contributed by atoms with E-state index in [2.05, 4.69) is 66.9 Å². The molecule has 0 unspecified atom stereocenters. The van der Waals surface area contributed by atoms with E-state index in [1.54, 1.807) is 23.5 Å².